The zero-order valence-electron chi connectivity index (χ0n) is 15.8. The quantitative estimate of drug-likeness (QED) is 0.525. The lowest BCUT2D eigenvalue weighted by Crippen LogP contribution is -2.43. The van der Waals surface area contributed by atoms with Gasteiger partial charge in [0.25, 0.3) is 5.69 Å². The van der Waals surface area contributed by atoms with Crippen LogP contribution in [0.1, 0.15) is 24.0 Å². The minimum atomic E-state index is -4.58. The Kier molecular flexibility index (Phi) is 6.04. The molecule has 1 heterocycles. The molecule has 2 aromatic carbocycles. The second-order valence-corrected chi connectivity index (χ2v) is 6.87. The molecule has 0 atom stereocenters. The third-order valence-electron chi connectivity index (χ3n) is 4.77. The number of nitro benzene ring substituents is 1. The first-order valence-electron chi connectivity index (χ1n) is 9.14. The largest absolute Gasteiger partial charge is 0.416 e. The molecule has 1 saturated heterocycles. The van der Waals surface area contributed by atoms with E-state index < -0.39 is 22.6 Å². The van der Waals surface area contributed by atoms with Crippen LogP contribution in [0, 0.1) is 10.1 Å². The Morgan fingerprint density at radius 2 is 1.87 bits per heavy atom. The summed E-state index contributed by atoms with van der Waals surface area (Å²) >= 11 is 0. The van der Waals surface area contributed by atoms with Crippen LogP contribution in [0.25, 0.3) is 0 Å². The standard InChI is InChI=1S/C20H18F3N3O4/c21-20(22,23)15-3-1-4-17(12-15)25(13-24-10-2-5-18(24)27)19(28)11-14-6-8-16(9-7-14)26(29)30/h1,3-4,6-9,12H,2,5,10-11,13H2. The molecule has 0 radical (unpaired) electrons. The molecule has 158 valence electrons. The topological polar surface area (TPSA) is 83.8 Å². The van der Waals surface area contributed by atoms with Crippen LogP contribution in [0.3, 0.4) is 0 Å². The predicted molar refractivity (Wildman–Crippen MR) is 102 cm³/mol. The smallest absolute Gasteiger partial charge is 0.324 e. The SMILES string of the molecule is O=C1CCCN1CN(C(=O)Cc1ccc([N+](=O)[O-])cc1)c1cccc(C(F)(F)F)c1. The summed E-state index contributed by atoms with van der Waals surface area (Å²) in [5, 5.41) is 10.8. The summed E-state index contributed by atoms with van der Waals surface area (Å²) in [6, 6.07) is 9.70. The first-order valence-corrected chi connectivity index (χ1v) is 9.14. The van der Waals surface area contributed by atoms with E-state index in [-0.39, 0.29) is 30.4 Å². The number of carbonyl (C=O) groups excluding carboxylic acids is 2. The van der Waals surface area contributed by atoms with Crippen LogP contribution in [0.4, 0.5) is 24.5 Å². The molecule has 0 spiro atoms. The van der Waals surface area contributed by atoms with E-state index in [1.165, 1.54) is 41.3 Å². The molecule has 1 fully saturated rings. The normalized spacial score (nSPS) is 14.1. The number of amides is 2. The van der Waals surface area contributed by atoms with Crippen LogP contribution in [0.15, 0.2) is 48.5 Å². The van der Waals surface area contributed by atoms with E-state index in [1.54, 1.807) is 0 Å². The molecule has 3 rings (SSSR count). The van der Waals surface area contributed by atoms with Crippen molar-refractivity contribution in [2.24, 2.45) is 0 Å². The van der Waals surface area contributed by atoms with Crippen LogP contribution in [-0.4, -0.2) is 34.9 Å². The third-order valence-corrected chi connectivity index (χ3v) is 4.77. The van der Waals surface area contributed by atoms with E-state index >= 15 is 0 Å². The minimum absolute atomic E-state index is 0.0245. The van der Waals surface area contributed by atoms with Crippen molar-refractivity contribution in [3.8, 4) is 0 Å². The summed E-state index contributed by atoms with van der Waals surface area (Å²) in [7, 11) is 0. The van der Waals surface area contributed by atoms with Crippen LogP contribution in [-0.2, 0) is 22.2 Å². The number of nitro groups is 1. The van der Waals surface area contributed by atoms with E-state index in [2.05, 4.69) is 0 Å². The molecular formula is C20H18F3N3O4. The molecule has 0 aromatic heterocycles. The summed E-state index contributed by atoms with van der Waals surface area (Å²) in [6.07, 6.45) is -3.82. The Hall–Kier alpha value is -3.43. The average molecular weight is 421 g/mol. The lowest BCUT2D eigenvalue weighted by Gasteiger charge is -2.28. The number of nitrogens with zero attached hydrogens (tertiary/aromatic N) is 3. The first-order chi connectivity index (χ1) is 14.1. The number of likely N-dealkylation sites (tertiary alicyclic amines) is 1. The van der Waals surface area contributed by atoms with Gasteiger partial charge in [-0.1, -0.05) is 18.2 Å². The molecule has 10 heteroatoms. The highest BCUT2D eigenvalue weighted by molar-refractivity contribution is 5.95. The number of halogens is 3. The van der Waals surface area contributed by atoms with Crippen LogP contribution in [0.2, 0.25) is 0 Å². The van der Waals surface area contributed by atoms with Gasteiger partial charge < -0.3 is 4.90 Å². The summed E-state index contributed by atoms with van der Waals surface area (Å²) in [4.78, 5) is 37.7. The van der Waals surface area contributed by atoms with E-state index in [0.717, 1.165) is 17.0 Å². The van der Waals surface area contributed by atoms with Gasteiger partial charge >= 0.3 is 6.18 Å². The zero-order valence-corrected chi connectivity index (χ0v) is 15.8. The molecule has 0 N–H and O–H groups in total. The van der Waals surface area contributed by atoms with Gasteiger partial charge in [0.1, 0.15) is 6.67 Å². The van der Waals surface area contributed by atoms with Crippen LogP contribution < -0.4 is 4.90 Å². The van der Waals surface area contributed by atoms with Gasteiger partial charge in [-0.15, -0.1) is 0 Å². The first kappa shape index (κ1) is 21.3. The van der Waals surface area contributed by atoms with Crippen molar-refractivity contribution in [2.75, 3.05) is 18.1 Å². The van der Waals surface area contributed by atoms with Crippen LogP contribution in [0.5, 0.6) is 0 Å². The van der Waals surface area contributed by atoms with Gasteiger partial charge in [-0.25, -0.2) is 0 Å². The fourth-order valence-corrected chi connectivity index (χ4v) is 3.18. The van der Waals surface area contributed by atoms with Crippen molar-refractivity contribution in [3.05, 3.63) is 69.8 Å². The van der Waals surface area contributed by atoms with Crippen molar-refractivity contribution in [3.63, 3.8) is 0 Å². The van der Waals surface area contributed by atoms with Gasteiger partial charge in [0.05, 0.1) is 16.9 Å². The molecule has 2 amide bonds. The van der Waals surface area contributed by atoms with Crippen molar-refractivity contribution in [2.45, 2.75) is 25.4 Å². The molecule has 7 nitrogen and oxygen atoms in total. The van der Waals surface area contributed by atoms with E-state index in [1.807, 2.05) is 0 Å². The Bertz CT molecular complexity index is 961. The summed E-state index contributed by atoms with van der Waals surface area (Å²) in [5.41, 5.74) is -0.545. The second-order valence-electron chi connectivity index (χ2n) is 6.87. The highest BCUT2D eigenvalue weighted by Gasteiger charge is 2.32. The van der Waals surface area contributed by atoms with Gasteiger partial charge in [-0.05, 0) is 30.2 Å². The highest BCUT2D eigenvalue weighted by Crippen LogP contribution is 2.32. The van der Waals surface area contributed by atoms with E-state index in [0.29, 0.717) is 24.9 Å². The number of benzene rings is 2. The van der Waals surface area contributed by atoms with Gasteiger partial charge in [-0.2, -0.15) is 13.2 Å². The number of hydrogen-bond acceptors (Lipinski definition) is 4. The molecule has 2 aromatic rings. The number of alkyl halides is 3. The predicted octanol–water partition coefficient (Wildman–Crippen LogP) is 3.77. The molecule has 0 bridgehead atoms. The summed E-state index contributed by atoms with van der Waals surface area (Å²) < 4.78 is 39.4. The van der Waals surface area contributed by atoms with Crippen molar-refractivity contribution in [1.82, 2.24) is 4.90 Å². The molecule has 0 aliphatic carbocycles. The van der Waals surface area contributed by atoms with Gasteiger partial charge in [0, 0.05) is 30.8 Å². The highest BCUT2D eigenvalue weighted by atomic mass is 19.4. The average Bonchev–Trinajstić information content (AvgIpc) is 3.10. The fraction of sp³-hybridized carbons (Fsp3) is 0.300. The molecule has 0 unspecified atom stereocenters. The lowest BCUT2D eigenvalue weighted by atomic mass is 10.1. The Labute approximate surface area is 169 Å². The van der Waals surface area contributed by atoms with E-state index in [4.69, 9.17) is 0 Å². The fourth-order valence-electron chi connectivity index (χ4n) is 3.18. The zero-order chi connectivity index (χ0) is 21.9. The molecule has 1 aliphatic heterocycles. The minimum Gasteiger partial charge on any atom is -0.324 e. The maximum absolute atomic E-state index is 13.1. The maximum atomic E-state index is 13.1. The Morgan fingerprint density at radius 1 is 1.17 bits per heavy atom. The third kappa shape index (κ3) is 4.94. The molecular weight excluding hydrogens is 403 g/mol. The number of non-ortho nitro benzene ring substituents is 1. The Balaban J connectivity index is 1.87. The molecule has 0 saturated carbocycles. The number of anilines is 1. The monoisotopic (exact) mass is 421 g/mol. The molecule has 30 heavy (non-hydrogen) atoms. The van der Waals surface area contributed by atoms with Crippen LogP contribution >= 0.6 is 0 Å². The van der Waals surface area contributed by atoms with Gasteiger partial charge in [0.15, 0.2) is 0 Å². The lowest BCUT2D eigenvalue weighted by molar-refractivity contribution is -0.384. The summed E-state index contributed by atoms with van der Waals surface area (Å²) in [6.45, 7) is 0.255. The molecule has 1 aliphatic rings. The number of carbonyl (C=O) groups is 2. The maximum Gasteiger partial charge on any atom is 0.416 e. The van der Waals surface area contributed by atoms with Crippen molar-refractivity contribution < 1.29 is 27.7 Å². The van der Waals surface area contributed by atoms with Crippen molar-refractivity contribution in [1.29, 1.82) is 0 Å². The summed E-state index contributed by atoms with van der Waals surface area (Å²) in [5.74, 6) is -0.696. The van der Waals surface area contributed by atoms with Gasteiger partial charge in [0.2, 0.25) is 11.8 Å². The van der Waals surface area contributed by atoms with Gasteiger partial charge in [-0.3, -0.25) is 24.6 Å². The van der Waals surface area contributed by atoms with E-state index in [9.17, 15) is 32.9 Å². The second kappa shape index (κ2) is 8.52. The number of hydrogen-bond donors (Lipinski definition) is 0. The van der Waals surface area contributed by atoms with Crippen molar-refractivity contribution >= 4 is 23.2 Å². The number of rotatable bonds is 6. The Morgan fingerprint density at radius 3 is 2.43 bits per heavy atom.